The number of pyridine rings is 1. The minimum Gasteiger partial charge on any atom is -0.365 e. The highest BCUT2D eigenvalue weighted by molar-refractivity contribution is 5.83. The second-order valence-electron chi connectivity index (χ2n) is 7.15. The predicted molar refractivity (Wildman–Crippen MR) is 98.5 cm³/mol. The standard InChI is InChI=1S/C20H29N3O3/c24-19(9-8-17-7-6-10-21-15-17)23-13-14-26-18(16-23)20(25)22-11-4-2-1-3-5-12-22/h6-7,10,15,18H,1-5,8-9,11-14,16H2/t18-/m1/s1. The molecule has 1 aromatic rings. The number of aryl methyl sites for hydroxylation is 1. The number of morpholine rings is 1. The van der Waals surface area contributed by atoms with E-state index in [1.165, 1.54) is 19.3 Å². The Morgan fingerprint density at radius 3 is 2.58 bits per heavy atom. The fraction of sp³-hybridized carbons (Fsp3) is 0.650. The lowest BCUT2D eigenvalue weighted by Gasteiger charge is -2.35. The third kappa shape index (κ3) is 5.27. The first kappa shape index (κ1) is 18.8. The fourth-order valence-corrected chi connectivity index (χ4v) is 3.65. The van der Waals surface area contributed by atoms with Crippen LogP contribution < -0.4 is 0 Å². The molecule has 0 bridgehead atoms. The number of likely N-dealkylation sites (tertiary alicyclic amines) is 1. The van der Waals surface area contributed by atoms with Gasteiger partial charge in [0.25, 0.3) is 5.91 Å². The van der Waals surface area contributed by atoms with Crippen LogP contribution >= 0.6 is 0 Å². The average molecular weight is 359 g/mol. The summed E-state index contributed by atoms with van der Waals surface area (Å²) in [5.41, 5.74) is 1.06. The van der Waals surface area contributed by atoms with Crippen molar-refractivity contribution in [2.45, 2.75) is 51.0 Å². The SMILES string of the molecule is O=C(CCc1cccnc1)N1CCO[C@@H](C(=O)N2CCCCCCC2)C1. The van der Waals surface area contributed by atoms with Gasteiger partial charge in [0.05, 0.1) is 13.2 Å². The molecule has 142 valence electrons. The Balaban J connectivity index is 1.51. The van der Waals surface area contributed by atoms with Gasteiger partial charge in [0.15, 0.2) is 6.10 Å². The Labute approximate surface area is 155 Å². The number of amides is 2. The molecule has 0 saturated carbocycles. The molecule has 0 spiro atoms. The number of ether oxygens (including phenoxy) is 1. The molecule has 2 aliphatic rings. The Hall–Kier alpha value is -1.95. The van der Waals surface area contributed by atoms with E-state index in [-0.39, 0.29) is 11.8 Å². The normalized spacial score (nSPS) is 21.8. The monoisotopic (exact) mass is 359 g/mol. The fourth-order valence-electron chi connectivity index (χ4n) is 3.65. The van der Waals surface area contributed by atoms with Crippen molar-refractivity contribution < 1.29 is 14.3 Å². The first-order valence-corrected chi connectivity index (χ1v) is 9.81. The van der Waals surface area contributed by atoms with Crippen LogP contribution in [-0.2, 0) is 20.7 Å². The van der Waals surface area contributed by atoms with Crippen LogP contribution in [0.15, 0.2) is 24.5 Å². The first-order chi connectivity index (χ1) is 12.7. The molecule has 26 heavy (non-hydrogen) atoms. The topological polar surface area (TPSA) is 62.7 Å². The van der Waals surface area contributed by atoms with Crippen molar-refractivity contribution in [3.05, 3.63) is 30.1 Å². The Kier molecular flexibility index (Phi) is 7.00. The van der Waals surface area contributed by atoms with Crippen LogP contribution in [-0.4, -0.2) is 65.5 Å². The summed E-state index contributed by atoms with van der Waals surface area (Å²) in [6, 6.07) is 3.86. The zero-order valence-corrected chi connectivity index (χ0v) is 15.4. The summed E-state index contributed by atoms with van der Waals surface area (Å²) in [5.74, 6) is 0.138. The number of rotatable bonds is 4. The van der Waals surface area contributed by atoms with Gasteiger partial charge in [-0.25, -0.2) is 0 Å². The molecule has 0 aliphatic carbocycles. The first-order valence-electron chi connectivity index (χ1n) is 9.81. The van der Waals surface area contributed by atoms with Crippen LogP contribution in [0.3, 0.4) is 0 Å². The molecule has 0 unspecified atom stereocenters. The largest absolute Gasteiger partial charge is 0.365 e. The molecule has 3 heterocycles. The Morgan fingerprint density at radius 1 is 1.08 bits per heavy atom. The number of aromatic nitrogens is 1. The van der Waals surface area contributed by atoms with Gasteiger partial charge in [-0.2, -0.15) is 0 Å². The van der Waals surface area contributed by atoms with Crippen LogP contribution in [0.5, 0.6) is 0 Å². The van der Waals surface area contributed by atoms with Gasteiger partial charge < -0.3 is 14.5 Å². The molecule has 0 aromatic carbocycles. The van der Waals surface area contributed by atoms with Crippen LogP contribution in [0, 0.1) is 0 Å². The van der Waals surface area contributed by atoms with E-state index in [4.69, 9.17) is 4.74 Å². The average Bonchev–Trinajstić information content (AvgIpc) is 2.66. The summed E-state index contributed by atoms with van der Waals surface area (Å²) in [6.07, 6.45) is 9.90. The van der Waals surface area contributed by atoms with Gasteiger partial charge in [0, 0.05) is 38.4 Å². The minimum atomic E-state index is -0.509. The van der Waals surface area contributed by atoms with Crippen molar-refractivity contribution >= 4 is 11.8 Å². The van der Waals surface area contributed by atoms with Gasteiger partial charge in [-0.05, 0) is 30.9 Å². The number of hydrogen-bond acceptors (Lipinski definition) is 4. The summed E-state index contributed by atoms with van der Waals surface area (Å²) in [7, 11) is 0. The molecule has 1 aromatic heterocycles. The summed E-state index contributed by atoms with van der Waals surface area (Å²) in [5, 5.41) is 0. The third-order valence-electron chi connectivity index (χ3n) is 5.21. The quantitative estimate of drug-likeness (QED) is 0.825. The third-order valence-corrected chi connectivity index (χ3v) is 5.21. The van der Waals surface area contributed by atoms with Crippen LogP contribution in [0.4, 0.5) is 0 Å². The molecule has 2 amide bonds. The van der Waals surface area contributed by atoms with Gasteiger partial charge >= 0.3 is 0 Å². The second kappa shape index (κ2) is 9.67. The highest BCUT2D eigenvalue weighted by Crippen LogP contribution is 2.15. The van der Waals surface area contributed by atoms with Crippen LogP contribution in [0.2, 0.25) is 0 Å². The van der Waals surface area contributed by atoms with E-state index >= 15 is 0 Å². The van der Waals surface area contributed by atoms with E-state index < -0.39 is 6.10 Å². The molecule has 6 nitrogen and oxygen atoms in total. The lowest BCUT2D eigenvalue weighted by Crippen LogP contribution is -2.53. The van der Waals surface area contributed by atoms with Gasteiger partial charge in [0.2, 0.25) is 5.91 Å². The molecule has 2 aliphatic heterocycles. The molecule has 6 heteroatoms. The molecule has 0 N–H and O–H groups in total. The summed E-state index contributed by atoms with van der Waals surface area (Å²) in [4.78, 5) is 33.2. The van der Waals surface area contributed by atoms with E-state index in [0.717, 1.165) is 31.5 Å². The molecule has 0 radical (unpaired) electrons. The van der Waals surface area contributed by atoms with Gasteiger partial charge in [-0.15, -0.1) is 0 Å². The van der Waals surface area contributed by atoms with Crippen molar-refractivity contribution in [3.63, 3.8) is 0 Å². The number of nitrogens with zero attached hydrogens (tertiary/aromatic N) is 3. The Bertz CT molecular complexity index is 585. The van der Waals surface area contributed by atoms with Gasteiger partial charge in [-0.1, -0.05) is 25.3 Å². The van der Waals surface area contributed by atoms with Crippen molar-refractivity contribution in [1.29, 1.82) is 0 Å². The van der Waals surface area contributed by atoms with E-state index in [1.54, 1.807) is 17.3 Å². The number of hydrogen-bond donors (Lipinski definition) is 0. The number of carbonyl (C=O) groups excluding carboxylic acids is 2. The van der Waals surface area contributed by atoms with E-state index in [0.29, 0.717) is 32.5 Å². The van der Waals surface area contributed by atoms with Crippen molar-refractivity contribution in [3.8, 4) is 0 Å². The summed E-state index contributed by atoms with van der Waals surface area (Å²) < 4.78 is 5.71. The molecule has 3 rings (SSSR count). The smallest absolute Gasteiger partial charge is 0.253 e. The molecule has 2 fully saturated rings. The van der Waals surface area contributed by atoms with Crippen molar-refractivity contribution in [1.82, 2.24) is 14.8 Å². The van der Waals surface area contributed by atoms with Gasteiger partial charge in [-0.3, -0.25) is 14.6 Å². The van der Waals surface area contributed by atoms with Crippen molar-refractivity contribution in [2.24, 2.45) is 0 Å². The lowest BCUT2D eigenvalue weighted by molar-refractivity contribution is -0.154. The zero-order chi connectivity index (χ0) is 18.2. The zero-order valence-electron chi connectivity index (χ0n) is 15.4. The minimum absolute atomic E-state index is 0.0525. The van der Waals surface area contributed by atoms with E-state index in [1.807, 2.05) is 17.0 Å². The maximum atomic E-state index is 12.8. The van der Waals surface area contributed by atoms with Crippen LogP contribution in [0.1, 0.15) is 44.1 Å². The molecule has 1 atom stereocenters. The molecular weight excluding hydrogens is 330 g/mol. The van der Waals surface area contributed by atoms with Gasteiger partial charge in [0.1, 0.15) is 0 Å². The lowest BCUT2D eigenvalue weighted by atomic mass is 10.1. The predicted octanol–water partition coefficient (Wildman–Crippen LogP) is 2.03. The second-order valence-corrected chi connectivity index (χ2v) is 7.15. The maximum absolute atomic E-state index is 12.8. The summed E-state index contributed by atoms with van der Waals surface area (Å²) >= 11 is 0. The maximum Gasteiger partial charge on any atom is 0.253 e. The highest BCUT2D eigenvalue weighted by Gasteiger charge is 2.32. The molecule has 2 saturated heterocycles. The summed E-state index contributed by atoms with van der Waals surface area (Å²) in [6.45, 7) is 3.00. The molecular formula is C20H29N3O3. The number of carbonyl (C=O) groups is 2. The highest BCUT2D eigenvalue weighted by atomic mass is 16.5. The van der Waals surface area contributed by atoms with Crippen LogP contribution in [0.25, 0.3) is 0 Å². The van der Waals surface area contributed by atoms with E-state index in [9.17, 15) is 9.59 Å². The van der Waals surface area contributed by atoms with Crippen molar-refractivity contribution in [2.75, 3.05) is 32.8 Å². The Morgan fingerprint density at radius 2 is 1.85 bits per heavy atom. The van der Waals surface area contributed by atoms with E-state index in [2.05, 4.69) is 4.98 Å².